The van der Waals surface area contributed by atoms with Gasteiger partial charge in [-0.1, -0.05) is 0 Å². The lowest BCUT2D eigenvalue weighted by atomic mass is 9.56. The third-order valence-electron chi connectivity index (χ3n) is 8.66. The Morgan fingerprint density at radius 1 is 1.06 bits per heavy atom. The van der Waals surface area contributed by atoms with Gasteiger partial charge in [0.15, 0.2) is 11.5 Å². The van der Waals surface area contributed by atoms with Crippen LogP contribution in [0.5, 0.6) is 0 Å². The van der Waals surface area contributed by atoms with Crippen molar-refractivity contribution in [3.63, 3.8) is 0 Å². The molecule has 12 heteroatoms. The molecule has 188 valence electrons. The molecule has 0 aromatic carbocycles. The average Bonchev–Trinajstić information content (AvgIpc) is 3.28. The van der Waals surface area contributed by atoms with Crippen molar-refractivity contribution < 1.29 is 22.7 Å². The number of carbonyl (C=O) groups excluding carboxylic acids is 1. The number of urea groups is 1. The average molecular weight is 509 g/mol. The zero-order valence-electron chi connectivity index (χ0n) is 19.2. The molecule has 2 saturated carbocycles. The molecule has 35 heavy (non-hydrogen) atoms. The van der Waals surface area contributed by atoms with Crippen molar-refractivity contribution in [1.29, 1.82) is 0 Å². The second-order valence-corrected chi connectivity index (χ2v) is 12.5. The molecule has 0 atom stereocenters. The summed E-state index contributed by atoms with van der Waals surface area (Å²) in [6.07, 6.45) is 0.263. The van der Waals surface area contributed by atoms with Crippen molar-refractivity contribution in [2.45, 2.75) is 50.1 Å². The number of nitrogens with one attached hydrogen (secondary N) is 1. The van der Waals surface area contributed by atoms with E-state index in [1.165, 1.54) is 0 Å². The van der Waals surface area contributed by atoms with Crippen LogP contribution in [0.2, 0.25) is 0 Å². The summed E-state index contributed by atoms with van der Waals surface area (Å²) in [6.45, 7) is 4.58. The van der Waals surface area contributed by atoms with E-state index in [2.05, 4.69) is 20.2 Å². The summed E-state index contributed by atoms with van der Waals surface area (Å²) in [4.78, 5) is 25.2. The molecular formula is C23H27F3N6O2S. The van der Waals surface area contributed by atoms with Gasteiger partial charge in [-0.3, -0.25) is 5.10 Å². The topological polar surface area (TPSA) is 87.2 Å². The van der Waals surface area contributed by atoms with Gasteiger partial charge in [-0.05, 0) is 31.6 Å². The number of carbonyl (C=O) groups is 1. The van der Waals surface area contributed by atoms with Crippen molar-refractivity contribution >= 4 is 17.4 Å². The fraction of sp³-hybridized carbons (Fsp3) is 0.739. The van der Waals surface area contributed by atoms with E-state index < -0.39 is 11.9 Å². The standard InChI is InChI=1S/C23H27F3N6O2S/c24-23(25,26)16-8-35-17(27-16)1-13-2-21(3-13)9-31(10-21)20(33)32-11-22(12-32)4-14(5-22)18-28-19(30-29-18)15-6-34-7-15/h8,13-15H,1-7,9-12H2,(H,28,29,30). The Hall–Kier alpha value is -2.21. The number of likely N-dealkylation sites (tertiary alicyclic amines) is 2. The number of aromatic amines is 1. The highest BCUT2D eigenvalue weighted by Gasteiger charge is 2.58. The van der Waals surface area contributed by atoms with E-state index >= 15 is 0 Å². The molecule has 0 unspecified atom stereocenters. The minimum Gasteiger partial charge on any atom is -0.380 e. The number of hydrogen-bond acceptors (Lipinski definition) is 6. The first-order chi connectivity index (χ1) is 16.7. The molecule has 2 aliphatic carbocycles. The van der Waals surface area contributed by atoms with E-state index in [9.17, 15) is 18.0 Å². The van der Waals surface area contributed by atoms with Crippen LogP contribution < -0.4 is 0 Å². The minimum atomic E-state index is -4.37. The maximum atomic E-state index is 12.9. The van der Waals surface area contributed by atoms with Crippen molar-refractivity contribution in [1.82, 2.24) is 30.0 Å². The smallest absolute Gasteiger partial charge is 0.380 e. The van der Waals surface area contributed by atoms with Crippen LogP contribution in [0.4, 0.5) is 18.0 Å². The number of thiazole rings is 1. The van der Waals surface area contributed by atoms with E-state index in [1.807, 2.05) is 9.80 Å². The molecule has 2 spiro atoms. The van der Waals surface area contributed by atoms with Crippen LogP contribution in [0, 0.1) is 16.7 Å². The van der Waals surface area contributed by atoms with E-state index in [-0.39, 0.29) is 16.9 Å². The second kappa shape index (κ2) is 7.41. The minimum absolute atomic E-state index is 0.134. The number of nitrogens with zero attached hydrogens (tertiary/aromatic N) is 5. The highest BCUT2D eigenvalue weighted by atomic mass is 32.1. The lowest BCUT2D eigenvalue weighted by molar-refractivity contribution is -0.140. The van der Waals surface area contributed by atoms with Gasteiger partial charge in [0.05, 0.1) is 24.1 Å². The zero-order chi connectivity index (χ0) is 24.0. The molecule has 3 saturated heterocycles. The number of halogens is 3. The van der Waals surface area contributed by atoms with Crippen molar-refractivity contribution in [2.24, 2.45) is 16.7 Å². The fourth-order valence-corrected chi connectivity index (χ4v) is 7.74. The highest BCUT2D eigenvalue weighted by Crippen LogP contribution is 2.57. The van der Waals surface area contributed by atoms with Crippen molar-refractivity contribution in [3.05, 3.63) is 27.7 Å². The first kappa shape index (κ1) is 22.0. The Morgan fingerprint density at radius 3 is 2.29 bits per heavy atom. The van der Waals surface area contributed by atoms with Crippen LogP contribution in [0.3, 0.4) is 0 Å². The lowest BCUT2D eigenvalue weighted by Gasteiger charge is -2.63. The zero-order valence-corrected chi connectivity index (χ0v) is 20.0. The van der Waals surface area contributed by atoms with Crippen LogP contribution in [-0.2, 0) is 17.3 Å². The molecule has 2 amide bonds. The third-order valence-corrected chi connectivity index (χ3v) is 9.53. The summed E-state index contributed by atoms with van der Waals surface area (Å²) in [5, 5.41) is 9.12. The highest BCUT2D eigenvalue weighted by molar-refractivity contribution is 7.09. The number of hydrogen-bond donors (Lipinski definition) is 1. The van der Waals surface area contributed by atoms with Gasteiger partial charge in [-0.15, -0.1) is 11.3 Å². The molecular weight excluding hydrogens is 481 g/mol. The lowest BCUT2D eigenvalue weighted by Crippen LogP contribution is -2.70. The summed E-state index contributed by atoms with van der Waals surface area (Å²) in [5.74, 6) is 2.93. The van der Waals surface area contributed by atoms with Gasteiger partial charge in [0.2, 0.25) is 0 Å². The number of H-pyrrole nitrogens is 1. The van der Waals surface area contributed by atoms with Crippen LogP contribution in [-0.4, -0.2) is 75.4 Å². The van der Waals surface area contributed by atoms with Crippen LogP contribution in [0.15, 0.2) is 5.38 Å². The maximum absolute atomic E-state index is 12.9. The maximum Gasteiger partial charge on any atom is 0.434 e. The molecule has 0 radical (unpaired) electrons. The molecule has 3 aliphatic heterocycles. The Kier molecular flexibility index (Phi) is 4.66. The third kappa shape index (κ3) is 3.66. The number of aromatic nitrogens is 4. The van der Waals surface area contributed by atoms with Gasteiger partial charge in [0.25, 0.3) is 0 Å². The van der Waals surface area contributed by atoms with Gasteiger partial charge < -0.3 is 14.5 Å². The molecule has 5 fully saturated rings. The van der Waals surface area contributed by atoms with Gasteiger partial charge in [-0.25, -0.2) is 14.8 Å². The van der Waals surface area contributed by atoms with Gasteiger partial charge in [0, 0.05) is 54.7 Å². The van der Waals surface area contributed by atoms with Crippen molar-refractivity contribution in [3.8, 4) is 0 Å². The first-order valence-electron chi connectivity index (χ1n) is 12.2. The second-order valence-electron chi connectivity index (χ2n) is 11.5. The normalized spacial score (nSPS) is 25.7. The van der Waals surface area contributed by atoms with Crippen molar-refractivity contribution in [2.75, 3.05) is 39.4 Å². The predicted octanol–water partition coefficient (Wildman–Crippen LogP) is 3.65. The van der Waals surface area contributed by atoms with Gasteiger partial charge in [-0.2, -0.15) is 18.3 Å². The van der Waals surface area contributed by atoms with E-state index in [0.717, 1.165) is 80.2 Å². The Labute approximate surface area is 204 Å². The summed E-state index contributed by atoms with van der Waals surface area (Å²) in [5.41, 5.74) is -0.379. The Morgan fingerprint density at radius 2 is 1.71 bits per heavy atom. The molecule has 7 rings (SSSR count). The SMILES string of the molecule is O=C(N1CC2(CC(Cc3nc(C(F)(F)F)cs3)C2)C1)N1CC2(CC(c3nc(C4COC4)n[nH]3)C2)C1. The molecule has 1 N–H and O–H groups in total. The summed E-state index contributed by atoms with van der Waals surface area (Å²) in [7, 11) is 0. The predicted molar refractivity (Wildman–Crippen MR) is 119 cm³/mol. The van der Waals surface area contributed by atoms with Crippen LogP contribution in [0.25, 0.3) is 0 Å². The van der Waals surface area contributed by atoms with Crippen LogP contribution >= 0.6 is 11.3 Å². The number of amides is 2. The summed E-state index contributed by atoms with van der Waals surface area (Å²) >= 11 is 1.09. The Balaban J connectivity index is 0.840. The summed E-state index contributed by atoms with van der Waals surface area (Å²) in [6, 6.07) is 0.134. The number of alkyl halides is 3. The largest absolute Gasteiger partial charge is 0.434 e. The number of rotatable bonds is 4. The van der Waals surface area contributed by atoms with Gasteiger partial charge >= 0.3 is 12.2 Å². The summed E-state index contributed by atoms with van der Waals surface area (Å²) < 4.78 is 43.5. The fourth-order valence-electron chi connectivity index (χ4n) is 6.82. The van der Waals surface area contributed by atoms with E-state index in [0.29, 0.717) is 42.4 Å². The quantitative estimate of drug-likeness (QED) is 0.682. The monoisotopic (exact) mass is 508 g/mol. The van der Waals surface area contributed by atoms with E-state index in [4.69, 9.17) is 4.74 Å². The molecule has 5 heterocycles. The first-order valence-corrected chi connectivity index (χ1v) is 13.1. The molecule has 5 aliphatic rings. The molecule has 8 nitrogen and oxygen atoms in total. The molecule has 2 aromatic heterocycles. The molecule has 0 bridgehead atoms. The van der Waals surface area contributed by atoms with E-state index in [1.54, 1.807) is 0 Å². The Bertz CT molecular complexity index is 1130. The number of ether oxygens (including phenoxy) is 1. The van der Waals surface area contributed by atoms with Gasteiger partial charge in [0.1, 0.15) is 5.82 Å². The molecule has 2 aromatic rings. The van der Waals surface area contributed by atoms with Crippen LogP contribution in [0.1, 0.15) is 59.9 Å².